The van der Waals surface area contributed by atoms with Crippen molar-refractivity contribution >= 4 is 23.9 Å². The maximum absolute atomic E-state index is 15.2. The van der Waals surface area contributed by atoms with Crippen molar-refractivity contribution in [1.82, 2.24) is 0 Å². The third kappa shape index (κ3) is 7.08. The van der Waals surface area contributed by atoms with Gasteiger partial charge in [-0.3, -0.25) is 9.59 Å². The van der Waals surface area contributed by atoms with Gasteiger partial charge in [0.2, 0.25) is 0 Å². The van der Waals surface area contributed by atoms with Crippen LogP contribution in [0.4, 0.5) is 4.39 Å². The number of halogens is 1. The van der Waals surface area contributed by atoms with E-state index in [4.69, 9.17) is 18.9 Å². The molecule has 0 spiro atoms. The van der Waals surface area contributed by atoms with Gasteiger partial charge in [-0.05, 0) is 13.8 Å². The lowest BCUT2D eigenvalue weighted by atomic mass is 9.98. The van der Waals surface area contributed by atoms with Crippen molar-refractivity contribution in [2.75, 3.05) is 26.4 Å². The molecule has 1 rings (SSSR count). The van der Waals surface area contributed by atoms with Crippen LogP contribution in [0.5, 0.6) is 0 Å². The summed E-state index contributed by atoms with van der Waals surface area (Å²) in [4.78, 5) is 47.0. The van der Waals surface area contributed by atoms with Gasteiger partial charge in [-0.15, -0.1) is 0 Å². The highest BCUT2D eigenvalue weighted by molar-refractivity contribution is 6.03. The second kappa shape index (κ2) is 12.6. The van der Waals surface area contributed by atoms with Crippen molar-refractivity contribution in [2.24, 2.45) is 0 Å². The van der Waals surface area contributed by atoms with E-state index in [1.165, 1.54) is 13.8 Å². The molecule has 1 aliphatic rings. The number of carbonyl (C=O) groups excluding carboxylic acids is 4. The summed E-state index contributed by atoms with van der Waals surface area (Å²) >= 11 is 0. The summed E-state index contributed by atoms with van der Waals surface area (Å²) in [6.07, 6.45) is -8.24. The lowest BCUT2D eigenvalue weighted by Gasteiger charge is -2.42. The molecule has 2 N–H and O–H groups in total. The highest BCUT2D eigenvalue weighted by Gasteiger charge is 2.52. The Bertz CT molecular complexity index is 651. The fourth-order valence-electron chi connectivity index (χ4n) is 2.91. The molecular weight excluding hydrogens is 439 g/mol. The number of aliphatic hydroxyl groups is 2. The van der Waals surface area contributed by atoms with Crippen LogP contribution in [0.2, 0.25) is 0 Å². The number of hydrogen-bond donors (Lipinski definition) is 2. The lowest BCUT2D eigenvalue weighted by molar-refractivity contribution is -0.306. The van der Waals surface area contributed by atoms with Gasteiger partial charge in [0, 0.05) is 20.3 Å². The summed E-state index contributed by atoms with van der Waals surface area (Å²) in [6, 6.07) is 0. The van der Waals surface area contributed by atoms with Crippen LogP contribution in [0.3, 0.4) is 0 Å². The Morgan fingerprint density at radius 2 is 1.47 bits per heavy atom. The average Bonchev–Trinajstić information content (AvgIpc) is 2.71. The molecule has 1 saturated heterocycles. The van der Waals surface area contributed by atoms with Crippen molar-refractivity contribution in [2.45, 2.75) is 70.5 Å². The first kappa shape index (κ1) is 27.7. The Morgan fingerprint density at radius 3 is 1.91 bits per heavy atom. The minimum absolute atomic E-state index is 0.189. The van der Waals surface area contributed by atoms with E-state index < -0.39 is 79.9 Å². The van der Waals surface area contributed by atoms with Gasteiger partial charge >= 0.3 is 29.5 Å². The molecular formula is C19H29FO12. The van der Waals surface area contributed by atoms with E-state index in [0.717, 1.165) is 13.8 Å². The number of carbonyl (C=O) groups is 4. The predicted octanol–water partition coefficient (Wildman–Crippen LogP) is -0.831. The minimum atomic E-state index is -3.18. The zero-order valence-corrected chi connectivity index (χ0v) is 18.3. The fourth-order valence-corrected chi connectivity index (χ4v) is 2.91. The molecule has 0 bridgehead atoms. The second-order valence-corrected chi connectivity index (χ2v) is 6.73. The largest absolute Gasteiger partial charge is 0.463 e. The molecule has 1 fully saturated rings. The van der Waals surface area contributed by atoms with Gasteiger partial charge in [-0.2, -0.15) is 0 Å². The molecule has 0 aromatic heterocycles. The molecule has 12 nitrogen and oxygen atoms in total. The van der Waals surface area contributed by atoms with Gasteiger partial charge in [0.15, 0.2) is 18.5 Å². The Kier molecular flexibility index (Phi) is 10.9. The molecule has 1 aliphatic heterocycles. The van der Waals surface area contributed by atoms with Crippen LogP contribution in [0, 0.1) is 0 Å². The lowest BCUT2D eigenvalue weighted by Crippen LogP contribution is -2.61. The van der Waals surface area contributed by atoms with Crippen LogP contribution < -0.4 is 0 Å². The molecule has 0 radical (unpaired) electrons. The van der Waals surface area contributed by atoms with Gasteiger partial charge in [0.25, 0.3) is 0 Å². The fraction of sp³-hybridized carbons (Fsp3) is 0.789. The van der Waals surface area contributed by atoms with Gasteiger partial charge in [-0.1, -0.05) is 0 Å². The molecule has 32 heavy (non-hydrogen) atoms. The number of hydrogen-bond acceptors (Lipinski definition) is 12. The molecule has 0 aliphatic carbocycles. The quantitative estimate of drug-likeness (QED) is 0.220. The summed E-state index contributed by atoms with van der Waals surface area (Å²) < 4.78 is 45.2. The highest BCUT2D eigenvalue weighted by Crippen LogP contribution is 2.28. The van der Waals surface area contributed by atoms with E-state index in [1.54, 1.807) is 0 Å². The summed E-state index contributed by atoms with van der Waals surface area (Å²) in [5, 5.41) is 19.8. The third-order valence-electron chi connectivity index (χ3n) is 4.33. The van der Waals surface area contributed by atoms with Crippen LogP contribution in [-0.2, 0) is 47.6 Å². The van der Waals surface area contributed by atoms with Gasteiger partial charge in [0.05, 0.1) is 26.4 Å². The summed E-state index contributed by atoms with van der Waals surface area (Å²) in [5.41, 5.74) is -3.18. The normalized spacial score (nSPS) is 25.5. The van der Waals surface area contributed by atoms with Crippen LogP contribution in [0.15, 0.2) is 0 Å². The van der Waals surface area contributed by atoms with Crippen LogP contribution in [0.1, 0.15) is 34.1 Å². The van der Waals surface area contributed by atoms with Gasteiger partial charge in [-0.25, -0.2) is 14.0 Å². The standard InChI is InChI=1S/C19H29FO12/c1-5-27-17(25)19(20,18(26)28-6-2)7-8-29-16-15(31-11(4)23)14(30-10(3)22)13(24)12(9-21)32-16/h12-16,21,24H,5-9H2,1-4H3/t12-,13-,14+,15+,16?/m1/s1. The summed E-state index contributed by atoms with van der Waals surface area (Å²) in [6.45, 7) is 3.20. The maximum Gasteiger partial charge on any atom is 0.355 e. The van der Waals surface area contributed by atoms with E-state index in [1.807, 2.05) is 0 Å². The van der Waals surface area contributed by atoms with Crippen molar-refractivity contribution in [3.8, 4) is 0 Å². The first-order chi connectivity index (χ1) is 15.0. The van der Waals surface area contributed by atoms with E-state index in [9.17, 15) is 29.4 Å². The van der Waals surface area contributed by atoms with Crippen molar-refractivity contribution < 1.29 is 62.2 Å². The first-order valence-electron chi connectivity index (χ1n) is 9.95. The van der Waals surface area contributed by atoms with Gasteiger partial charge in [0.1, 0.15) is 12.2 Å². The summed E-state index contributed by atoms with van der Waals surface area (Å²) in [5.74, 6) is -4.60. The zero-order chi connectivity index (χ0) is 24.5. The van der Waals surface area contributed by atoms with Crippen LogP contribution in [-0.4, -0.2) is 96.9 Å². The predicted molar refractivity (Wildman–Crippen MR) is 101 cm³/mol. The average molecular weight is 468 g/mol. The molecule has 1 unspecified atom stereocenters. The maximum atomic E-state index is 15.2. The molecule has 1 heterocycles. The highest BCUT2D eigenvalue weighted by atomic mass is 19.1. The topological polar surface area (TPSA) is 164 Å². The first-order valence-corrected chi connectivity index (χ1v) is 9.95. The SMILES string of the molecule is CCOC(=O)C(F)(CCOC1O[C@H](CO)[C@@H](O)[C@H](OC(C)=O)[C@@H]1OC(C)=O)C(=O)OCC. The van der Waals surface area contributed by atoms with Crippen molar-refractivity contribution in [3.63, 3.8) is 0 Å². The number of esters is 4. The third-order valence-corrected chi connectivity index (χ3v) is 4.33. The zero-order valence-electron chi connectivity index (χ0n) is 18.3. The number of aliphatic hydroxyl groups excluding tert-OH is 2. The molecule has 184 valence electrons. The summed E-state index contributed by atoms with van der Waals surface area (Å²) in [7, 11) is 0. The molecule has 0 saturated carbocycles. The van der Waals surface area contributed by atoms with E-state index >= 15 is 4.39 Å². The Morgan fingerprint density at radius 1 is 0.969 bits per heavy atom. The smallest absolute Gasteiger partial charge is 0.355 e. The minimum Gasteiger partial charge on any atom is -0.463 e. The monoisotopic (exact) mass is 468 g/mol. The Labute approximate surface area is 183 Å². The van der Waals surface area contributed by atoms with Crippen LogP contribution >= 0.6 is 0 Å². The van der Waals surface area contributed by atoms with E-state index in [0.29, 0.717) is 0 Å². The van der Waals surface area contributed by atoms with E-state index in [-0.39, 0.29) is 13.2 Å². The molecule has 0 aromatic carbocycles. The molecule has 0 aromatic rings. The van der Waals surface area contributed by atoms with Gasteiger partial charge < -0.3 is 38.6 Å². The van der Waals surface area contributed by atoms with E-state index in [2.05, 4.69) is 9.47 Å². The number of alkyl halides is 1. The van der Waals surface area contributed by atoms with Crippen molar-refractivity contribution in [3.05, 3.63) is 0 Å². The number of rotatable bonds is 11. The molecule has 5 atom stereocenters. The van der Waals surface area contributed by atoms with Crippen LogP contribution in [0.25, 0.3) is 0 Å². The Balaban J connectivity index is 3.05. The number of ether oxygens (including phenoxy) is 6. The molecule has 0 amide bonds. The second-order valence-electron chi connectivity index (χ2n) is 6.73. The van der Waals surface area contributed by atoms with Crippen molar-refractivity contribution in [1.29, 1.82) is 0 Å². The molecule has 13 heteroatoms. The Hall–Kier alpha value is -2.35.